The predicted octanol–water partition coefficient (Wildman–Crippen LogP) is 4.24. The van der Waals surface area contributed by atoms with Crippen LogP contribution in [0, 0.1) is 0 Å². The van der Waals surface area contributed by atoms with Crippen molar-refractivity contribution >= 4 is 21.8 Å². The van der Waals surface area contributed by atoms with Crippen LogP contribution in [-0.2, 0) is 4.79 Å². The van der Waals surface area contributed by atoms with Crippen molar-refractivity contribution in [1.29, 1.82) is 0 Å². The van der Waals surface area contributed by atoms with Gasteiger partial charge >= 0.3 is 6.18 Å². The number of likely N-dealkylation sites (N-methyl/N-ethyl adjacent to an activating group) is 1. The van der Waals surface area contributed by atoms with Gasteiger partial charge in [-0.05, 0) is 31.5 Å². The summed E-state index contributed by atoms with van der Waals surface area (Å²) in [6.45, 7) is 3.29. The zero-order valence-electron chi connectivity index (χ0n) is 13.5. The zero-order valence-corrected chi connectivity index (χ0v) is 15.1. The van der Waals surface area contributed by atoms with Crippen molar-refractivity contribution in [3.05, 3.63) is 34.3 Å². The van der Waals surface area contributed by atoms with Crippen molar-refractivity contribution in [2.24, 2.45) is 0 Å². The number of alkyl halides is 3. The van der Waals surface area contributed by atoms with Crippen LogP contribution in [0.1, 0.15) is 31.9 Å². The first-order valence-corrected chi connectivity index (χ1v) is 8.24. The van der Waals surface area contributed by atoms with Crippen LogP contribution >= 0.6 is 15.9 Å². The Morgan fingerprint density at radius 1 is 1.30 bits per heavy atom. The number of hydrogen-bond donors (Lipinski definition) is 0. The first-order valence-electron chi connectivity index (χ1n) is 7.45. The number of hydrogen-bond acceptors (Lipinski definition) is 2. The van der Waals surface area contributed by atoms with Crippen LogP contribution < -0.4 is 0 Å². The SMILES string of the molecule is CCCN(CC(=O)N(C)CC(F)(F)F)C(C)c1ccccc1Br. The minimum Gasteiger partial charge on any atom is -0.336 e. The molecule has 0 N–H and O–H groups in total. The molecule has 0 aromatic heterocycles. The molecule has 0 saturated heterocycles. The summed E-state index contributed by atoms with van der Waals surface area (Å²) in [7, 11) is 1.18. The monoisotopic (exact) mass is 394 g/mol. The van der Waals surface area contributed by atoms with Gasteiger partial charge in [0.1, 0.15) is 6.54 Å². The lowest BCUT2D eigenvalue weighted by atomic mass is 10.1. The van der Waals surface area contributed by atoms with Gasteiger partial charge in [0, 0.05) is 17.6 Å². The predicted molar refractivity (Wildman–Crippen MR) is 88.1 cm³/mol. The van der Waals surface area contributed by atoms with Crippen molar-refractivity contribution in [1.82, 2.24) is 9.80 Å². The Hall–Kier alpha value is -1.08. The summed E-state index contributed by atoms with van der Waals surface area (Å²) in [5.74, 6) is -0.533. The van der Waals surface area contributed by atoms with E-state index in [1.54, 1.807) is 0 Å². The Morgan fingerprint density at radius 3 is 2.43 bits per heavy atom. The van der Waals surface area contributed by atoms with E-state index in [2.05, 4.69) is 15.9 Å². The summed E-state index contributed by atoms with van der Waals surface area (Å²) in [4.78, 5) is 14.7. The normalized spacial score (nSPS) is 13.2. The molecule has 0 heterocycles. The van der Waals surface area contributed by atoms with Crippen molar-refractivity contribution in [2.75, 3.05) is 26.7 Å². The molecule has 130 valence electrons. The molecule has 0 aliphatic rings. The lowest BCUT2D eigenvalue weighted by Crippen LogP contribution is -2.43. The average Bonchev–Trinajstić information content (AvgIpc) is 2.44. The molecule has 0 aliphatic carbocycles. The Bertz CT molecular complexity index is 522. The molecule has 0 radical (unpaired) electrons. The van der Waals surface area contributed by atoms with E-state index in [0.29, 0.717) is 6.54 Å². The molecule has 0 bridgehead atoms. The van der Waals surface area contributed by atoms with E-state index >= 15 is 0 Å². The molecule has 23 heavy (non-hydrogen) atoms. The largest absolute Gasteiger partial charge is 0.406 e. The third-order valence-electron chi connectivity index (χ3n) is 3.59. The molecule has 1 amide bonds. The fourth-order valence-electron chi connectivity index (χ4n) is 2.36. The van der Waals surface area contributed by atoms with Gasteiger partial charge in [-0.15, -0.1) is 0 Å². The first-order chi connectivity index (χ1) is 10.7. The first kappa shape index (κ1) is 20.0. The van der Waals surface area contributed by atoms with Crippen LogP contribution in [0.3, 0.4) is 0 Å². The van der Waals surface area contributed by atoms with Gasteiger partial charge in [-0.3, -0.25) is 9.69 Å². The van der Waals surface area contributed by atoms with Gasteiger partial charge in [-0.1, -0.05) is 41.1 Å². The highest BCUT2D eigenvalue weighted by atomic mass is 79.9. The second kappa shape index (κ2) is 8.68. The van der Waals surface area contributed by atoms with E-state index in [1.807, 2.05) is 43.0 Å². The summed E-state index contributed by atoms with van der Waals surface area (Å²) < 4.78 is 38.2. The molecule has 7 heteroatoms. The third kappa shape index (κ3) is 6.51. The number of rotatable bonds is 7. The van der Waals surface area contributed by atoms with Gasteiger partial charge < -0.3 is 4.90 Å². The van der Waals surface area contributed by atoms with Crippen molar-refractivity contribution in [3.8, 4) is 0 Å². The quantitative estimate of drug-likeness (QED) is 0.690. The molecular weight excluding hydrogens is 373 g/mol. The lowest BCUT2D eigenvalue weighted by Gasteiger charge is -2.31. The average molecular weight is 395 g/mol. The van der Waals surface area contributed by atoms with Crippen LogP contribution in [0.25, 0.3) is 0 Å². The minimum atomic E-state index is -4.38. The van der Waals surface area contributed by atoms with Gasteiger partial charge in [0.15, 0.2) is 0 Å². The molecule has 0 aliphatic heterocycles. The smallest absolute Gasteiger partial charge is 0.336 e. The highest BCUT2D eigenvalue weighted by molar-refractivity contribution is 9.10. The van der Waals surface area contributed by atoms with Crippen LogP contribution in [0.5, 0.6) is 0 Å². The van der Waals surface area contributed by atoms with Gasteiger partial charge in [0.25, 0.3) is 0 Å². The number of amides is 1. The Balaban J connectivity index is 2.82. The van der Waals surface area contributed by atoms with Gasteiger partial charge in [-0.2, -0.15) is 13.2 Å². The van der Waals surface area contributed by atoms with Crippen LogP contribution in [0.4, 0.5) is 13.2 Å². The summed E-state index contributed by atoms with van der Waals surface area (Å²) in [6.07, 6.45) is -3.57. The lowest BCUT2D eigenvalue weighted by molar-refractivity contribution is -0.159. The molecule has 1 aromatic rings. The molecule has 0 spiro atoms. The second-order valence-electron chi connectivity index (χ2n) is 5.53. The van der Waals surface area contributed by atoms with Crippen LogP contribution in [-0.4, -0.2) is 48.6 Å². The number of benzene rings is 1. The third-order valence-corrected chi connectivity index (χ3v) is 4.32. The van der Waals surface area contributed by atoms with Gasteiger partial charge in [0.05, 0.1) is 6.54 Å². The van der Waals surface area contributed by atoms with E-state index in [-0.39, 0.29) is 12.6 Å². The highest BCUT2D eigenvalue weighted by Crippen LogP contribution is 2.27. The van der Waals surface area contributed by atoms with Gasteiger partial charge in [0.2, 0.25) is 5.91 Å². The molecule has 0 saturated carbocycles. The van der Waals surface area contributed by atoms with Crippen molar-refractivity contribution in [2.45, 2.75) is 32.5 Å². The van der Waals surface area contributed by atoms with E-state index in [0.717, 1.165) is 21.4 Å². The topological polar surface area (TPSA) is 23.6 Å². The number of carbonyl (C=O) groups excluding carboxylic acids is 1. The number of carbonyl (C=O) groups is 1. The minimum absolute atomic E-state index is 0.0388. The summed E-state index contributed by atoms with van der Waals surface area (Å²) in [6, 6.07) is 7.58. The number of halogens is 4. The van der Waals surface area contributed by atoms with E-state index < -0.39 is 18.6 Å². The van der Waals surface area contributed by atoms with E-state index in [1.165, 1.54) is 7.05 Å². The maximum absolute atomic E-state index is 12.4. The van der Waals surface area contributed by atoms with E-state index in [9.17, 15) is 18.0 Å². The zero-order chi connectivity index (χ0) is 17.6. The maximum Gasteiger partial charge on any atom is 0.406 e. The van der Waals surface area contributed by atoms with Crippen molar-refractivity contribution in [3.63, 3.8) is 0 Å². The second-order valence-corrected chi connectivity index (χ2v) is 6.39. The molecule has 1 unspecified atom stereocenters. The molecule has 3 nitrogen and oxygen atoms in total. The van der Waals surface area contributed by atoms with Crippen molar-refractivity contribution < 1.29 is 18.0 Å². The molecule has 0 fully saturated rings. The Morgan fingerprint density at radius 2 is 1.91 bits per heavy atom. The maximum atomic E-state index is 12.4. The fourth-order valence-corrected chi connectivity index (χ4v) is 2.98. The molecule has 1 aromatic carbocycles. The highest BCUT2D eigenvalue weighted by Gasteiger charge is 2.32. The van der Waals surface area contributed by atoms with E-state index in [4.69, 9.17) is 0 Å². The van der Waals surface area contributed by atoms with Crippen LogP contribution in [0.2, 0.25) is 0 Å². The summed E-state index contributed by atoms with van der Waals surface area (Å²) in [5, 5.41) is 0. The summed E-state index contributed by atoms with van der Waals surface area (Å²) >= 11 is 3.48. The number of nitrogens with zero attached hydrogens (tertiary/aromatic N) is 2. The Kier molecular flexibility index (Phi) is 7.54. The Labute approximate surface area is 143 Å². The standard InChI is InChI=1S/C16H22BrF3N2O/c1-4-9-22(10-15(23)21(3)11-16(18,19)20)12(2)13-7-5-6-8-14(13)17/h5-8,12H,4,9-11H2,1-3H3. The fraction of sp³-hybridized carbons (Fsp3) is 0.562. The van der Waals surface area contributed by atoms with Gasteiger partial charge in [-0.25, -0.2) is 0 Å². The molecule has 1 rings (SSSR count). The van der Waals surface area contributed by atoms with Crippen LogP contribution in [0.15, 0.2) is 28.7 Å². The molecular formula is C16H22BrF3N2O. The molecule has 1 atom stereocenters. The summed E-state index contributed by atoms with van der Waals surface area (Å²) in [5.41, 5.74) is 1.01.